The summed E-state index contributed by atoms with van der Waals surface area (Å²) < 4.78 is 7.16. The Balaban J connectivity index is 1.77. The summed E-state index contributed by atoms with van der Waals surface area (Å²) in [5.41, 5.74) is 1.37. The van der Waals surface area contributed by atoms with Crippen LogP contribution in [-0.2, 0) is 17.8 Å². The zero-order valence-electron chi connectivity index (χ0n) is 16.0. The van der Waals surface area contributed by atoms with Crippen LogP contribution in [0.4, 0.5) is 0 Å². The van der Waals surface area contributed by atoms with Crippen molar-refractivity contribution in [3.8, 4) is 0 Å². The standard InChI is InChI=1S/C20H22N4O3S/c1-13-19(14(2)25)28-18(21-13)12-24-17(11-23-7-9-27-10-8-23)22-16-6-4-3-5-15(16)20(24)26/h3-6H,7-12H2,1-2H3/p+1. The number of ether oxygens (including phenoxy) is 1. The van der Waals surface area contributed by atoms with Gasteiger partial charge in [0.15, 0.2) is 11.6 Å². The average molecular weight is 399 g/mol. The number of quaternary nitrogens is 1. The van der Waals surface area contributed by atoms with E-state index in [1.165, 1.54) is 16.2 Å². The summed E-state index contributed by atoms with van der Waals surface area (Å²) in [6, 6.07) is 7.43. The van der Waals surface area contributed by atoms with Gasteiger partial charge in [-0.3, -0.25) is 14.2 Å². The third-order valence-electron chi connectivity index (χ3n) is 5.00. The average Bonchev–Trinajstić information content (AvgIpc) is 3.06. The normalized spacial score (nSPS) is 15.2. The predicted octanol–water partition coefficient (Wildman–Crippen LogP) is 0.827. The van der Waals surface area contributed by atoms with Gasteiger partial charge in [-0.05, 0) is 19.1 Å². The molecule has 0 spiro atoms. The maximum absolute atomic E-state index is 13.2. The predicted molar refractivity (Wildman–Crippen MR) is 107 cm³/mol. The lowest BCUT2D eigenvalue weighted by Crippen LogP contribution is -3.13. The van der Waals surface area contributed by atoms with Crippen LogP contribution < -0.4 is 10.5 Å². The van der Waals surface area contributed by atoms with Crippen LogP contribution in [0.5, 0.6) is 0 Å². The second-order valence-corrected chi connectivity index (χ2v) is 8.14. The molecule has 0 amide bonds. The number of hydrogen-bond donors (Lipinski definition) is 1. The molecule has 146 valence electrons. The van der Waals surface area contributed by atoms with Gasteiger partial charge in [-0.15, -0.1) is 11.3 Å². The Bertz CT molecular complexity index is 1080. The van der Waals surface area contributed by atoms with Crippen LogP contribution in [0.3, 0.4) is 0 Å². The first-order valence-electron chi connectivity index (χ1n) is 9.40. The zero-order valence-corrected chi connectivity index (χ0v) is 16.8. The third-order valence-corrected chi connectivity index (χ3v) is 6.25. The molecule has 3 heterocycles. The van der Waals surface area contributed by atoms with Crippen molar-refractivity contribution in [1.82, 2.24) is 14.5 Å². The summed E-state index contributed by atoms with van der Waals surface area (Å²) in [5, 5.41) is 1.35. The van der Waals surface area contributed by atoms with E-state index in [0.29, 0.717) is 28.9 Å². The van der Waals surface area contributed by atoms with Crippen molar-refractivity contribution < 1.29 is 14.4 Å². The highest BCUT2D eigenvalue weighted by Crippen LogP contribution is 2.20. The minimum absolute atomic E-state index is 0.00298. The Morgan fingerprint density at radius 3 is 2.71 bits per heavy atom. The van der Waals surface area contributed by atoms with Gasteiger partial charge < -0.3 is 9.64 Å². The van der Waals surface area contributed by atoms with Crippen molar-refractivity contribution in [3.63, 3.8) is 0 Å². The largest absolute Gasteiger partial charge is 0.370 e. The molecule has 4 rings (SSSR count). The topological polar surface area (TPSA) is 78.5 Å². The number of hydrogen-bond acceptors (Lipinski definition) is 6. The number of morpholine rings is 1. The first kappa shape index (κ1) is 18.9. The Labute approximate surface area is 166 Å². The number of fused-ring (bicyclic) bond motifs is 1. The maximum Gasteiger partial charge on any atom is 0.261 e. The van der Waals surface area contributed by atoms with E-state index in [-0.39, 0.29) is 11.3 Å². The number of para-hydroxylation sites is 1. The van der Waals surface area contributed by atoms with E-state index < -0.39 is 0 Å². The molecule has 0 unspecified atom stereocenters. The van der Waals surface area contributed by atoms with Gasteiger partial charge in [0.2, 0.25) is 0 Å². The number of rotatable bonds is 5. The van der Waals surface area contributed by atoms with E-state index in [9.17, 15) is 9.59 Å². The number of aromatic nitrogens is 3. The fraction of sp³-hybridized carbons (Fsp3) is 0.400. The van der Waals surface area contributed by atoms with Crippen LogP contribution in [0, 0.1) is 6.92 Å². The molecule has 8 heteroatoms. The van der Waals surface area contributed by atoms with Crippen LogP contribution in [0.15, 0.2) is 29.1 Å². The maximum atomic E-state index is 13.2. The monoisotopic (exact) mass is 399 g/mol. The van der Waals surface area contributed by atoms with Crippen molar-refractivity contribution >= 4 is 28.0 Å². The Kier molecular flexibility index (Phi) is 5.34. The molecular formula is C20H23N4O3S+. The van der Waals surface area contributed by atoms with E-state index in [1.807, 2.05) is 25.1 Å². The van der Waals surface area contributed by atoms with Crippen LogP contribution in [-0.4, -0.2) is 46.6 Å². The van der Waals surface area contributed by atoms with Gasteiger partial charge in [0.25, 0.3) is 5.56 Å². The van der Waals surface area contributed by atoms with E-state index >= 15 is 0 Å². The molecule has 0 bridgehead atoms. The molecule has 0 aliphatic carbocycles. The van der Waals surface area contributed by atoms with Gasteiger partial charge in [0, 0.05) is 6.92 Å². The summed E-state index contributed by atoms with van der Waals surface area (Å²) in [5.74, 6) is 0.751. The van der Waals surface area contributed by atoms with E-state index in [4.69, 9.17) is 9.72 Å². The molecule has 1 fully saturated rings. The van der Waals surface area contributed by atoms with Crippen molar-refractivity contribution in [2.45, 2.75) is 26.9 Å². The molecule has 0 saturated carbocycles. The van der Waals surface area contributed by atoms with Crippen molar-refractivity contribution in [2.24, 2.45) is 0 Å². The quantitative estimate of drug-likeness (QED) is 0.643. The van der Waals surface area contributed by atoms with Crippen LogP contribution in [0.25, 0.3) is 10.9 Å². The van der Waals surface area contributed by atoms with Crippen LogP contribution in [0.1, 0.15) is 33.1 Å². The molecule has 1 aliphatic heterocycles. The molecule has 0 radical (unpaired) electrons. The van der Waals surface area contributed by atoms with Gasteiger partial charge in [-0.1, -0.05) is 12.1 Å². The fourth-order valence-corrected chi connectivity index (χ4v) is 4.50. The summed E-state index contributed by atoms with van der Waals surface area (Å²) in [6.45, 7) is 7.60. The highest BCUT2D eigenvalue weighted by atomic mass is 32.1. The molecule has 3 aromatic rings. The Morgan fingerprint density at radius 1 is 1.25 bits per heavy atom. The number of carbonyl (C=O) groups excluding carboxylic acids is 1. The summed E-state index contributed by atoms with van der Waals surface area (Å²) in [6.07, 6.45) is 0. The summed E-state index contributed by atoms with van der Waals surface area (Å²) in [7, 11) is 0. The second-order valence-electron chi connectivity index (χ2n) is 7.05. The highest BCUT2D eigenvalue weighted by Gasteiger charge is 2.21. The Hall–Kier alpha value is -2.42. The lowest BCUT2D eigenvalue weighted by molar-refractivity contribution is -0.922. The fourth-order valence-electron chi connectivity index (χ4n) is 3.55. The molecule has 0 atom stereocenters. The summed E-state index contributed by atoms with van der Waals surface area (Å²) in [4.78, 5) is 36.3. The lowest BCUT2D eigenvalue weighted by Gasteiger charge is -2.24. The number of Topliss-reactive ketones (excluding diaryl/α,β-unsaturated/α-hetero) is 1. The number of nitrogens with one attached hydrogen (secondary N) is 1. The SMILES string of the molecule is CC(=O)c1sc(Cn2c(C[NH+]3CCOCC3)nc3ccccc3c2=O)nc1C. The third kappa shape index (κ3) is 3.76. The van der Waals surface area contributed by atoms with Crippen LogP contribution in [0.2, 0.25) is 0 Å². The number of benzene rings is 1. The molecule has 2 aromatic heterocycles. The second kappa shape index (κ2) is 7.90. The van der Waals surface area contributed by atoms with Gasteiger partial charge in [0.05, 0.1) is 41.2 Å². The van der Waals surface area contributed by atoms with Crippen molar-refractivity contribution in [2.75, 3.05) is 26.3 Å². The first-order valence-corrected chi connectivity index (χ1v) is 10.2. The van der Waals surface area contributed by atoms with Crippen molar-refractivity contribution in [1.29, 1.82) is 0 Å². The van der Waals surface area contributed by atoms with Crippen LogP contribution >= 0.6 is 11.3 Å². The Morgan fingerprint density at radius 2 is 2.00 bits per heavy atom. The molecule has 1 aromatic carbocycles. The van der Waals surface area contributed by atoms with Crippen molar-refractivity contribution in [3.05, 3.63) is 56.0 Å². The number of carbonyl (C=O) groups is 1. The number of ketones is 1. The first-order chi connectivity index (χ1) is 13.5. The van der Waals surface area contributed by atoms with E-state index in [1.54, 1.807) is 17.6 Å². The number of nitrogens with zero attached hydrogens (tertiary/aromatic N) is 3. The summed E-state index contributed by atoms with van der Waals surface area (Å²) >= 11 is 1.36. The molecular weight excluding hydrogens is 376 g/mol. The lowest BCUT2D eigenvalue weighted by atomic mass is 10.2. The van der Waals surface area contributed by atoms with E-state index in [2.05, 4.69) is 4.98 Å². The van der Waals surface area contributed by atoms with E-state index in [0.717, 1.165) is 42.8 Å². The minimum atomic E-state index is -0.0644. The molecule has 1 N–H and O–H groups in total. The molecule has 28 heavy (non-hydrogen) atoms. The molecule has 7 nitrogen and oxygen atoms in total. The smallest absolute Gasteiger partial charge is 0.261 e. The minimum Gasteiger partial charge on any atom is -0.370 e. The number of thiazole rings is 1. The molecule has 1 saturated heterocycles. The highest BCUT2D eigenvalue weighted by molar-refractivity contribution is 7.13. The van der Waals surface area contributed by atoms with Gasteiger partial charge in [-0.2, -0.15) is 0 Å². The van der Waals surface area contributed by atoms with Gasteiger partial charge in [0.1, 0.15) is 24.6 Å². The molecule has 1 aliphatic rings. The van der Waals surface area contributed by atoms with Gasteiger partial charge >= 0.3 is 0 Å². The zero-order chi connectivity index (χ0) is 19.7. The van der Waals surface area contributed by atoms with Gasteiger partial charge in [-0.25, -0.2) is 9.97 Å². The number of aryl methyl sites for hydroxylation is 1.